The molecule has 0 spiro atoms. The third-order valence-corrected chi connectivity index (χ3v) is 4.38. The number of hydrogen-bond acceptors (Lipinski definition) is 3. The fourth-order valence-electron chi connectivity index (χ4n) is 1.50. The van der Waals surface area contributed by atoms with E-state index in [2.05, 4.69) is 31.9 Å². The molecule has 0 fully saturated rings. The molecule has 0 aliphatic heterocycles. The van der Waals surface area contributed by atoms with Gasteiger partial charge >= 0.3 is 0 Å². The summed E-state index contributed by atoms with van der Waals surface area (Å²) in [6.45, 7) is 2.00. The highest BCUT2D eigenvalue weighted by molar-refractivity contribution is 9.11. The van der Waals surface area contributed by atoms with Crippen molar-refractivity contribution in [1.82, 2.24) is 4.57 Å². The van der Waals surface area contributed by atoms with E-state index >= 15 is 0 Å². The third-order valence-electron chi connectivity index (χ3n) is 2.34. The number of aromatic nitrogens is 1. The minimum Gasteiger partial charge on any atom is -0.306 e. The zero-order chi connectivity index (χ0) is 13.3. The SMILES string of the molecule is Cc1ccc(C(=O)Cn2cc(Br)cc(Br)c2=O)s1. The second-order valence-electron chi connectivity index (χ2n) is 3.77. The average molecular weight is 391 g/mol. The highest BCUT2D eigenvalue weighted by Crippen LogP contribution is 2.17. The van der Waals surface area contributed by atoms with Crippen LogP contribution in [0.2, 0.25) is 0 Å². The van der Waals surface area contributed by atoms with Gasteiger partial charge in [0, 0.05) is 15.5 Å². The smallest absolute Gasteiger partial charge is 0.265 e. The molecule has 0 aliphatic rings. The summed E-state index contributed by atoms with van der Waals surface area (Å²) in [5, 5.41) is 0. The van der Waals surface area contributed by atoms with Gasteiger partial charge in [0.2, 0.25) is 0 Å². The fourth-order valence-corrected chi connectivity index (χ4v) is 3.55. The summed E-state index contributed by atoms with van der Waals surface area (Å²) in [5.41, 5.74) is -0.208. The van der Waals surface area contributed by atoms with Gasteiger partial charge in [0.25, 0.3) is 5.56 Å². The number of halogens is 2. The van der Waals surface area contributed by atoms with Crippen LogP contribution in [0.3, 0.4) is 0 Å². The van der Waals surface area contributed by atoms with Gasteiger partial charge in [0.05, 0.1) is 15.9 Å². The third kappa shape index (κ3) is 2.99. The largest absolute Gasteiger partial charge is 0.306 e. The van der Waals surface area contributed by atoms with Crippen LogP contribution < -0.4 is 5.56 Å². The standard InChI is InChI=1S/C12H9Br2NO2S/c1-7-2-3-11(18-7)10(16)6-15-5-8(13)4-9(14)12(15)17/h2-5H,6H2,1H3. The lowest BCUT2D eigenvalue weighted by Crippen LogP contribution is -2.24. The Hall–Kier alpha value is -0.720. The molecule has 0 aliphatic carbocycles. The number of nitrogens with zero attached hydrogens (tertiary/aromatic N) is 1. The second-order valence-corrected chi connectivity index (χ2v) is 6.83. The molecule has 18 heavy (non-hydrogen) atoms. The van der Waals surface area contributed by atoms with Gasteiger partial charge in [0.15, 0.2) is 5.78 Å². The van der Waals surface area contributed by atoms with E-state index in [9.17, 15) is 9.59 Å². The molecule has 94 valence electrons. The Morgan fingerprint density at radius 3 is 2.72 bits per heavy atom. The maximum Gasteiger partial charge on any atom is 0.265 e. The van der Waals surface area contributed by atoms with E-state index in [-0.39, 0.29) is 17.9 Å². The molecule has 0 atom stereocenters. The van der Waals surface area contributed by atoms with Gasteiger partial charge < -0.3 is 4.57 Å². The predicted molar refractivity (Wildman–Crippen MR) is 79.5 cm³/mol. The summed E-state index contributed by atoms with van der Waals surface area (Å²) in [6, 6.07) is 5.36. The summed E-state index contributed by atoms with van der Waals surface area (Å²) < 4.78 is 2.59. The summed E-state index contributed by atoms with van der Waals surface area (Å²) in [6.07, 6.45) is 1.62. The number of carbonyl (C=O) groups excluding carboxylic acids is 1. The summed E-state index contributed by atoms with van der Waals surface area (Å²) in [4.78, 5) is 25.6. The van der Waals surface area contributed by atoms with Crippen LogP contribution in [0, 0.1) is 6.92 Å². The van der Waals surface area contributed by atoms with Crippen molar-refractivity contribution in [3.05, 3.63) is 53.4 Å². The van der Waals surface area contributed by atoms with Gasteiger partial charge in [-0.3, -0.25) is 9.59 Å². The van der Waals surface area contributed by atoms with Crippen LogP contribution in [0.5, 0.6) is 0 Å². The Morgan fingerprint density at radius 1 is 1.39 bits per heavy atom. The van der Waals surface area contributed by atoms with E-state index in [1.165, 1.54) is 15.9 Å². The van der Waals surface area contributed by atoms with Gasteiger partial charge in [0.1, 0.15) is 0 Å². The number of rotatable bonds is 3. The molecule has 0 unspecified atom stereocenters. The van der Waals surface area contributed by atoms with Crippen molar-refractivity contribution in [3.8, 4) is 0 Å². The number of carbonyl (C=O) groups is 1. The second kappa shape index (κ2) is 5.50. The first-order chi connectivity index (χ1) is 8.47. The van der Waals surface area contributed by atoms with Crippen LogP contribution in [-0.4, -0.2) is 10.4 Å². The van der Waals surface area contributed by atoms with E-state index in [1.807, 2.05) is 13.0 Å². The van der Waals surface area contributed by atoms with Gasteiger partial charge in [-0.2, -0.15) is 0 Å². The number of pyridine rings is 1. The fraction of sp³-hybridized carbons (Fsp3) is 0.167. The molecule has 0 saturated heterocycles. The van der Waals surface area contributed by atoms with Crippen molar-refractivity contribution < 1.29 is 4.79 Å². The quantitative estimate of drug-likeness (QED) is 0.750. The number of Topliss-reactive ketones (excluding diaryl/α,β-unsaturated/α-hetero) is 1. The van der Waals surface area contributed by atoms with E-state index < -0.39 is 0 Å². The van der Waals surface area contributed by atoms with Crippen molar-refractivity contribution in [2.75, 3.05) is 0 Å². The Bertz CT molecular complexity index is 660. The number of aryl methyl sites for hydroxylation is 1. The molecule has 0 amide bonds. The summed E-state index contributed by atoms with van der Waals surface area (Å²) in [5.74, 6) is -0.0554. The van der Waals surface area contributed by atoms with Crippen LogP contribution in [0.15, 0.2) is 38.1 Å². The number of hydrogen-bond donors (Lipinski definition) is 0. The molecule has 0 bridgehead atoms. The minimum atomic E-state index is -0.208. The van der Waals surface area contributed by atoms with Crippen molar-refractivity contribution in [2.24, 2.45) is 0 Å². The van der Waals surface area contributed by atoms with Gasteiger partial charge in [-0.25, -0.2) is 0 Å². The average Bonchev–Trinajstić information content (AvgIpc) is 2.72. The van der Waals surface area contributed by atoms with E-state index in [1.54, 1.807) is 18.3 Å². The Morgan fingerprint density at radius 2 is 2.11 bits per heavy atom. The summed E-state index contributed by atoms with van der Waals surface area (Å²) >= 11 is 7.92. The zero-order valence-corrected chi connectivity index (χ0v) is 13.4. The highest BCUT2D eigenvalue weighted by atomic mass is 79.9. The maximum atomic E-state index is 12.0. The lowest BCUT2D eigenvalue weighted by Gasteiger charge is -2.05. The van der Waals surface area contributed by atoms with Crippen molar-refractivity contribution in [3.63, 3.8) is 0 Å². The Labute approximate surface area is 125 Å². The molecule has 0 saturated carbocycles. The molecule has 3 nitrogen and oxygen atoms in total. The van der Waals surface area contributed by atoms with Crippen LogP contribution in [0.4, 0.5) is 0 Å². The molecular weight excluding hydrogens is 382 g/mol. The first-order valence-corrected chi connectivity index (χ1v) is 7.53. The first kappa shape index (κ1) is 13.7. The minimum absolute atomic E-state index is 0.0524. The van der Waals surface area contributed by atoms with E-state index in [4.69, 9.17) is 0 Å². The van der Waals surface area contributed by atoms with Crippen molar-refractivity contribution >= 4 is 49.0 Å². The van der Waals surface area contributed by atoms with Crippen molar-refractivity contribution in [2.45, 2.75) is 13.5 Å². The Balaban J connectivity index is 2.30. The number of thiophene rings is 1. The molecular formula is C12H9Br2NO2S. The maximum absolute atomic E-state index is 12.0. The predicted octanol–water partition coefficient (Wildman–Crippen LogP) is 3.63. The molecule has 2 rings (SSSR count). The normalized spacial score (nSPS) is 10.6. The zero-order valence-electron chi connectivity index (χ0n) is 9.44. The molecule has 0 N–H and O–H groups in total. The first-order valence-electron chi connectivity index (χ1n) is 5.12. The summed E-state index contributed by atoms with van der Waals surface area (Å²) in [7, 11) is 0. The van der Waals surface area contributed by atoms with E-state index in [0.717, 1.165) is 9.35 Å². The number of ketones is 1. The van der Waals surface area contributed by atoms with Gasteiger partial charge in [-0.05, 0) is 57.0 Å². The molecule has 6 heteroatoms. The van der Waals surface area contributed by atoms with E-state index in [0.29, 0.717) is 9.35 Å². The van der Waals surface area contributed by atoms with Gasteiger partial charge in [-0.1, -0.05) is 0 Å². The van der Waals surface area contributed by atoms with Crippen LogP contribution >= 0.6 is 43.2 Å². The van der Waals surface area contributed by atoms with Crippen molar-refractivity contribution in [1.29, 1.82) is 0 Å². The molecule has 2 heterocycles. The highest BCUT2D eigenvalue weighted by Gasteiger charge is 2.11. The lowest BCUT2D eigenvalue weighted by molar-refractivity contribution is 0.0974. The van der Waals surface area contributed by atoms with Gasteiger partial charge in [-0.15, -0.1) is 11.3 Å². The topological polar surface area (TPSA) is 39.1 Å². The van der Waals surface area contributed by atoms with Crippen LogP contribution in [0.25, 0.3) is 0 Å². The molecule has 2 aromatic rings. The monoisotopic (exact) mass is 389 g/mol. The molecule has 2 aromatic heterocycles. The van der Waals surface area contributed by atoms with Crippen LogP contribution in [0.1, 0.15) is 14.5 Å². The van der Waals surface area contributed by atoms with Crippen LogP contribution in [-0.2, 0) is 6.54 Å². The Kier molecular flexibility index (Phi) is 4.19. The molecule has 0 aromatic carbocycles. The molecule has 0 radical (unpaired) electrons. The lowest BCUT2D eigenvalue weighted by atomic mass is 10.3.